The van der Waals surface area contributed by atoms with Gasteiger partial charge in [-0.05, 0) is 46.2 Å². The second kappa shape index (κ2) is 5.44. The van der Waals surface area contributed by atoms with Crippen molar-refractivity contribution in [2.45, 2.75) is 71.2 Å². The third-order valence-electron chi connectivity index (χ3n) is 2.61. The zero-order chi connectivity index (χ0) is 16.0. The van der Waals surface area contributed by atoms with Crippen LogP contribution >= 0.6 is 7.43 Å². The van der Waals surface area contributed by atoms with Crippen LogP contribution in [0.25, 0.3) is 0 Å². The zero-order valence-corrected chi connectivity index (χ0v) is 18.8. The van der Waals surface area contributed by atoms with Crippen molar-refractivity contribution in [2.24, 2.45) is 4.41 Å². The molecule has 1 fully saturated rings. The van der Waals surface area contributed by atoms with E-state index >= 15 is 0 Å². The van der Waals surface area contributed by atoms with Crippen molar-refractivity contribution < 1.29 is 8.95 Å². The summed E-state index contributed by atoms with van der Waals surface area (Å²) in [5.41, 5.74) is 0. The molecule has 1 heterocycles. The molecule has 0 aliphatic carbocycles. The van der Waals surface area contributed by atoms with Gasteiger partial charge < -0.3 is 13.4 Å². The van der Waals surface area contributed by atoms with Crippen molar-refractivity contribution in [2.75, 3.05) is 6.61 Å². The summed E-state index contributed by atoms with van der Waals surface area (Å²) in [6, 6.07) is 0. The summed E-state index contributed by atoms with van der Waals surface area (Å²) >= 11 is 0. The van der Waals surface area contributed by atoms with Crippen LogP contribution in [0.3, 0.4) is 0 Å². The Kier molecular flexibility index (Phi) is 5.11. The first-order valence-corrected chi connectivity index (χ1v) is 19.4. The highest BCUT2D eigenvalue weighted by Crippen LogP contribution is 2.69. The maximum Gasteiger partial charge on any atom is 0.185 e. The van der Waals surface area contributed by atoms with E-state index in [-0.39, 0.29) is 5.34 Å². The van der Waals surface area contributed by atoms with Gasteiger partial charge in [-0.25, -0.2) is 0 Å². The molecule has 2 atom stereocenters. The van der Waals surface area contributed by atoms with E-state index in [0.717, 1.165) is 0 Å². The standard InChI is InChI=1S/C12H33N2O2PSi3/c1-12(16-20(8,9)10)11-15-17(12,13-18(2,3)4)14-19(5,6)7/h13H,11H2,1-10H3. The van der Waals surface area contributed by atoms with Crippen LogP contribution in [0.1, 0.15) is 6.92 Å². The predicted molar refractivity (Wildman–Crippen MR) is 98.0 cm³/mol. The summed E-state index contributed by atoms with van der Waals surface area (Å²) in [6.45, 7) is 23.4. The second-order valence-electron chi connectivity index (χ2n) is 8.87. The SMILES string of the molecule is CC1(O[Si](C)(C)C)COP1(=N[Si](C)(C)C)N[Si](C)(C)C. The topological polar surface area (TPSA) is 42.9 Å². The van der Waals surface area contributed by atoms with Crippen LogP contribution in [0.2, 0.25) is 58.9 Å². The molecule has 0 radical (unpaired) electrons. The Morgan fingerprint density at radius 3 is 1.80 bits per heavy atom. The van der Waals surface area contributed by atoms with Crippen LogP contribution < -0.4 is 4.75 Å². The van der Waals surface area contributed by atoms with Crippen LogP contribution in [0, 0.1) is 0 Å². The number of nitrogens with zero attached hydrogens (tertiary/aromatic N) is 1. The minimum absolute atomic E-state index is 0.224. The summed E-state index contributed by atoms with van der Waals surface area (Å²) in [6.07, 6.45) is 0. The molecule has 0 aromatic heterocycles. The maximum absolute atomic E-state index is 6.52. The van der Waals surface area contributed by atoms with E-state index < -0.39 is 32.2 Å². The molecule has 0 saturated carbocycles. The zero-order valence-electron chi connectivity index (χ0n) is 14.9. The van der Waals surface area contributed by atoms with Gasteiger partial charge in [0, 0.05) is 0 Å². The summed E-state index contributed by atoms with van der Waals surface area (Å²) in [7, 11) is -6.71. The van der Waals surface area contributed by atoms with Crippen molar-refractivity contribution >= 4 is 32.2 Å². The van der Waals surface area contributed by atoms with Gasteiger partial charge in [0.2, 0.25) is 0 Å². The Balaban J connectivity index is 3.24. The molecule has 1 aliphatic heterocycles. The maximum atomic E-state index is 6.52. The summed E-state index contributed by atoms with van der Waals surface area (Å²) < 4.78 is 21.7. The van der Waals surface area contributed by atoms with Gasteiger partial charge in [0.05, 0.1) is 6.61 Å². The normalized spacial score (nSPS) is 31.9. The molecule has 0 amide bonds. The Morgan fingerprint density at radius 1 is 1.05 bits per heavy atom. The fraction of sp³-hybridized carbons (Fsp3) is 1.00. The van der Waals surface area contributed by atoms with E-state index in [1.807, 2.05) is 0 Å². The van der Waals surface area contributed by atoms with Crippen molar-refractivity contribution in [3.63, 3.8) is 0 Å². The van der Waals surface area contributed by atoms with Crippen LogP contribution in [-0.4, -0.2) is 36.7 Å². The van der Waals surface area contributed by atoms with Crippen LogP contribution in [-0.2, 0) is 8.95 Å². The van der Waals surface area contributed by atoms with Gasteiger partial charge >= 0.3 is 0 Å². The molecule has 0 bridgehead atoms. The molecule has 4 nitrogen and oxygen atoms in total. The minimum atomic E-state index is -2.02. The molecule has 0 aromatic carbocycles. The lowest BCUT2D eigenvalue weighted by Gasteiger charge is -2.55. The number of nitrogens with one attached hydrogen (secondary N) is 1. The van der Waals surface area contributed by atoms with Crippen LogP contribution in [0.5, 0.6) is 0 Å². The summed E-state index contributed by atoms with van der Waals surface area (Å²) in [5, 5.41) is -0.224. The molecule has 1 N–H and O–H groups in total. The van der Waals surface area contributed by atoms with E-state index in [0.29, 0.717) is 6.61 Å². The molecule has 120 valence electrons. The molecule has 2 unspecified atom stereocenters. The predicted octanol–water partition coefficient (Wildman–Crippen LogP) is 4.87. The van der Waals surface area contributed by atoms with Gasteiger partial charge in [-0.15, -0.1) is 0 Å². The van der Waals surface area contributed by atoms with E-state index in [1.54, 1.807) is 0 Å². The molecule has 20 heavy (non-hydrogen) atoms. The average molecular weight is 353 g/mol. The third-order valence-corrected chi connectivity index (χ3v) is 13.3. The first-order valence-electron chi connectivity index (χ1n) is 7.35. The fourth-order valence-electron chi connectivity index (χ4n) is 2.31. The smallest absolute Gasteiger partial charge is 0.185 e. The molecule has 1 saturated heterocycles. The molecule has 1 aliphatic rings. The Labute approximate surface area is 128 Å². The summed E-state index contributed by atoms with van der Waals surface area (Å²) in [5.74, 6) is 0. The molecule has 1 rings (SSSR count). The van der Waals surface area contributed by atoms with Gasteiger partial charge in [-0.1, -0.05) is 19.6 Å². The number of rotatable bonds is 5. The van der Waals surface area contributed by atoms with Crippen molar-refractivity contribution in [1.82, 2.24) is 4.75 Å². The van der Waals surface area contributed by atoms with E-state index in [4.69, 9.17) is 13.4 Å². The number of hydrogen-bond donors (Lipinski definition) is 1. The van der Waals surface area contributed by atoms with Crippen molar-refractivity contribution in [1.29, 1.82) is 0 Å². The van der Waals surface area contributed by atoms with Gasteiger partial charge in [-0.2, -0.15) is 0 Å². The van der Waals surface area contributed by atoms with Crippen molar-refractivity contribution in [3.05, 3.63) is 0 Å². The van der Waals surface area contributed by atoms with Gasteiger partial charge in [-0.3, -0.25) is 4.75 Å². The highest BCUT2D eigenvalue weighted by molar-refractivity contribution is 7.65. The van der Waals surface area contributed by atoms with E-state index in [2.05, 4.69) is 70.6 Å². The lowest BCUT2D eigenvalue weighted by atomic mass is 10.4. The molecule has 0 spiro atoms. The third kappa shape index (κ3) is 4.90. The Hall–Kier alpha value is 0.761. The largest absolute Gasteiger partial charge is 0.402 e. The second-order valence-corrected chi connectivity index (χ2v) is 26.2. The Morgan fingerprint density at radius 2 is 1.55 bits per heavy atom. The lowest BCUT2D eigenvalue weighted by Crippen LogP contribution is -2.57. The van der Waals surface area contributed by atoms with E-state index in [9.17, 15) is 0 Å². The summed E-state index contributed by atoms with van der Waals surface area (Å²) in [4.78, 5) is 0. The monoisotopic (exact) mass is 352 g/mol. The quantitative estimate of drug-likeness (QED) is 0.567. The highest BCUT2D eigenvalue weighted by atomic mass is 31.2. The molecular formula is C12H33N2O2PSi3. The first-order chi connectivity index (χ1) is 8.58. The minimum Gasteiger partial charge on any atom is -0.402 e. The molecular weight excluding hydrogens is 319 g/mol. The number of hydrogen-bond acceptors (Lipinski definition) is 3. The first kappa shape index (κ1) is 18.8. The van der Waals surface area contributed by atoms with Crippen LogP contribution in [0.15, 0.2) is 4.41 Å². The van der Waals surface area contributed by atoms with Crippen LogP contribution in [0.4, 0.5) is 0 Å². The van der Waals surface area contributed by atoms with Gasteiger partial charge in [0.1, 0.15) is 13.6 Å². The van der Waals surface area contributed by atoms with E-state index in [1.165, 1.54) is 0 Å². The molecule has 0 aromatic rings. The van der Waals surface area contributed by atoms with Crippen molar-refractivity contribution in [3.8, 4) is 0 Å². The lowest BCUT2D eigenvalue weighted by molar-refractivity contribution is 0.0393. The van der Waals surface area contributed by atoms with Gasteiger partial charge in [0.15, 0.2) is 24.0 Å². The Bertz CT molecular complexity index is 424. The average Bonchev–Trinajstić information content (AvgIpc) is 2.07. The molecule has 8 heteroatoms. The fourth-order valence-corrected chi connectivity index (χ4v) is 15.7. The van der Waals surface area contributed by atoms with Gasteiger partial charge in [0.25, 0.3) is 0 Å². The highest BCUT2D eigenvalue weighted by Gasteiger charge is 2.56.